The minimum Gasteiger partial charge on any atom is -0.326 e. The van der Waals surface area contributed by atoms with Crippen LogP contribution < -0.4 is 5.73 Å². The summed E-state index contributed by atoms with van der Waals surface area (Å²) in [6, 6.07) is 1.06. The van der Waals surface area contributed by atoms with Crippen molar-refractivity contribution in [1.82, 2.24) is 4.90 Å². The zero-order valence-electron chi connectivity index (χ0n) is 11.2. The molecule has 16 heavy (non-hydrogen) atoms. The molecule has 94 valence electrons. The summed E-state index contributed by atoms with van der Waals surface area (Å²) in [5, 5.41) is 0. The van der Waals surface area contributed by atoms with Gasteiger partial charge in [0.2, 0.25) is 0 Å². The van der Waals surface area contributed by atoms with Crippen molar-refractivity contribution in [2.45, 2.75) is 58.0 Å². The standard InChI is InChI=1S/C14H28N2/c1-4-11-5-6-13(15)14(8-11)16(3)9-12-7-10(12)2/h10-14H,4-9,15H2,1-3H3. The minimum absolute atomic E-state index is 0.418. The van der Waals surface area contributed by atoms with Gasteiger partial charge in [-0.25, -0.2) is 0 Å². The van der Waals surface area contributed by atoms with E-state index >= 15 is 0 Å². The maximum absolute atomic E-state index is 6.29. The zero-order valence-corrected chi connectivity index (χ0v) is 11.2. The van der Waals surface area contributed by atoms with Crippen molar-refractivity contribution in [3.05, 3.63) is 0 Å². The van der Waals surface area contributed by atoms with Crippen molar-refractivity contribution in [2.24, 2.45) is 23.5 Å². The van der Waals surface area contributed by atoms with Gasteiger partial charge in [0.25, 0.3) is 0 Å². The molecule has 0 radical (unpaired) electrons. The van der Waals surface area contributed by atoms with Crippen molar-refractivity contribution < 1.29 is 0 Å². The molecule has 2 heteroatoms. The van der Waals surface area contributed by atoms with E-state index in [4.69, 9.17) is 5.73 Å². The van der Waals surface area contributed by atoms with Crippen molar-refractivity contribution >= 4 is 0 Å². The molecule has 0 spiro atoms. The first-order chi connectivity index (χ1) is 7.61. The number of nitrogens with zero attached hydrogens (tertiary/aromatic N) is 1. The number of likely N-dealkylation sites (N-methyl/N-ethyl adjacent to an activating group) is 1. The van der Waals surface area contributed by atoms with Gasteiger partial charge >= 0.3 is 0 Å². The fraction of sp³-hybridized carbons (Fsp3) is 1.00. The van der Waals surface area contributed by atoms with Crippen LogP contribution in [0.5, 0.6) is 0 Å². The maximum atomic E-state index is 6.29. The molecule has 0 aromatic rings. The fourth-order valence-electron chi connectivity index (χ4n) is 3.29. The molecule has 2 aliphatic carbocycles. The Morgan fingerprint density at radius 3 is 2.50 bits per heavy atom. The molecule has 0 amide bonds. The minimum atomic E-state index is 0.418. The second-order valence-corrected chi connectivity index (χ2v) is 6.23. The monoisotopic (exact) mass is 224 g/mol. The number of rotatable bonds is 4. The first-order valence-electron chi connectivity index (χ1n) is 7.07. The lowest BCUT2D eigenvalue weighted by atomic mass is 9.80. The van der Waals surface area contributed by atoms with Crippen molar-refractivity contribution in [2.75, 3.05) is 13.6 Å². The molecule has 2 N–H and O–H groups in total. The maximum Gasteiger partial charge on any atom is 0.0246 e. The van der Waals surface area contributed by atoms with E-state index in [1.54, 1.807) is 0 Å². The van der Waals surface area contributed by atoms with Crippen molar-refractivity contribution in [1.29, 1.82) is 0 Å². The van der Waals surface area contributed by atoms with E-state index in [2.05, 4.69) is 25.8 Å². The highest BCUT2D eigenvalue weighted by molar-refractivity contribution is 4.91. The van der Waals surface area contributed by atoms with E-state index in [9.17, 15) is 0 Å². The summed E-state index contributed by atoms with van der Waals surface area (Å²) in [4.78, 5) is 2.56. The van der Waals surface area contributed by atoms with Crippen LogP contribution in [-0.2, 0) is 0 Å². The normalized spacial score (nSPS) is 43.7. The molecule has 0 saturated heterocycles. The van der Waals surface area contributed by atoms with Crippen molar-refractivity contribution in [3.63, 3.8) is 0 Å². The predicted molar refractivity (Wildman–Crippen MR) is 69.3 cm³/mol. The van der Waals surface area contributed by atoms with E-state index < -0.39 is 0 Å². The van der Waals surface area contributed by atoms with Crippen LogP contribution in [-0.4, -0.2) is 30.6 Å². The van der Waals surface area contributed by atoms with Gasteiger partial charge in [-0.2, -0.15) is 0 Å². The van der Waals surface area contributed by atoms with Crippen molar-refractivity contribution in [3.8, 4) is 0 Å². The largest absolute Gasteiger partial charge is 0.326 e. The van der Waals surface area contributed by atoms with Crippen LogP contribution in [0.25, 0.3) is 0 Å². The van der Waals surface area contributed by atoms with Gasteiger partial charge in [0.15, 0.2) is 0 Å². The third-order valence-electron chi connectivity index (χ3n) is 4.92. The predicted octanol–water partition coefficient (Wildman–Crippen LogP) is 2.48. The van der Waals surface area contributed by atoms with Gasteiger partial charge in [-0.15, -0.1) is 0 Å². The molecule has 0 bridgehead atoms. The lowest BCUT2D eigenvalue weighted by molar-refractivity contribution is 0.129. The number of hydrogen-bond donors (Lipinski definition) is 1. The molecule has 2 nitrogen and oxygen atoms in total. The molecular formula is C14H28N2. The van der Waals surface area contributed by atoms with E-state index in [0.717, 1.165) is 17.8 Å². The third-order valence-corrected chi connectivity index (χ3v) is 4.92. The highest BCUT2D eigenvalue weighted by Gasteiger charge is 2.37. The van der Waals surface area contributed by atoms with Crippen LogP contribution in [0.3, 0.4) is 0 Å². The fourth-order valence-corrected chi connectivity index (χ4v) is 3.29. The average Bonchev–Trinajstić information content (AvgIpc) is 2.94. The van der Waals surface area contributed by atoms with Crippen LogP contribution in [0.4, 0.5) is 0 Å². The first kappa shape index (κ1) is 12.4. The topological polar surface area (TPSA) is 29.3 Å². The summed E-state index contributed by atoms with van der Waals surface area (Å²) in [6.07, 6.45) is 6.67. The highest BCUT2D eigenvalue weighted by atomic mass is 15.2. The Kier molecular flexibility index (Phi) is 3.91. The molecule has 0 aromatic heterocycles. The SMILES string of the molecule is CCC1CCC(N)C(N(C)CC2CC2C)C1. The Bertz CT molecular complexity index is 229. The summed E-state index contributed by atoms with van der Waals surface area (Å²) in [5.74, 6) is 2.84. The Morgan fingerprint density at radius 1 is 1.25 bits per heavy atom. The molecule has 5 atom stereocenters. The Morgan fingerprint density at radius 2 is 1.94 bits per heavy atom. The highest BCUT2D eigenvalue weighted by Crippen LogP contribution is 2.39. The molecule has 2 rings (SSSR count). The van der Waals surface area contributed by atoms with Crippen LogP contribution in [0.15, 0.2) is 0 Å². The van der Waals surface area contributed by atoms with Gasteiger partial charge in [-0.05, 0) is 50.5 Å². The average molecular weight is 224 g/mol. The van der Waals surface area contributed by atoms with Gasteiger partial charge in [0, 0.05) is 18.6 Å². The second-order valence-electron chi connectivity index (χ2n) is 6.23. The quantitative estimate of drug-likeness (QED) is 0.795. The Hall–Kier alpha value is -0.0800. The molecule has 2 saturated carbocycles. The van der Waals surface area contributed by atoms with Crippen LogP contribution in [0.2, 0.25) is 0 Å². The van der Waals surface area contributed by atoms with E-state index in [1.165, 1.54) is 38.6 Å². The lowest BCUT2D eigenvalue weighted by Crippen LogP contribution is -2.50. The molecule has 0 aliphatic heterocycles. The molecule has 5 unspecified atom stereocenters. The Labute approximate surface area is 101 Å². The van der Waals surface area contributed by atoms with E-state index in [-0.39, 0.29) is 0 Å². The van der Waals surface area contributed by atoms with Gasteiger partial charge in [0.1, 0.15) is 0 Å². The molecule has 0 heterocycles. The third kappa shape index (κ3) is 2.78. The second kappa shape index (κ2) is 5.05. The molecule has 2 fully saturated rings. The molecule has 2 aliphatic rings. The van der Waals surface area contributed by atoms with Crippen LogP contribution in [0, 0.1) is 17.8 Å². The van der Waals surface area contributed by atoms with Crippen LogP contribution >= 0.6 is 0 Å². The zero-order chi connectivity index (χ0) is 11.7. The summed E-state index contributed by atoms with van der Waals surface area (Å²) in [7, 11) is 2.29. The Balaban J connectivity index is 1.84. The van der Waals surface area contributed by atoms with Gasteiger partial charge in [-0.1, -0.05) is 20.3 Å². The number of nitrogens with two attached hydrogens (primary N) is 1. The van der Waals surface area contributed by atoms with Gasteiger partial charge in [-0.3, -0.25) is 0 Å². The van der Waals surface area contributed by atoms with Gasteiger partial charge < -0.3 is 10.6 Å². The summed E-state index contributed by atoms with van der Waals surface area (Å²) in [5.41, 5.74) is 6.29. The summed E-state index contributed by atoms with van der Waals surface area (Å²) in [6.45, 7) is 5.96. The smallest absolute Gasteiger partial charge is 0.0246 e. The van der Waals surface area contributed by atoms with E-state index in [1.807, 2.05) is 0 Å². The first-order valence-corrected chi connectivity index (χ1v) is 7.07. The van der Waals surface area contributed by atoms with Gasteiger partial charge in [0.05, 0.1) is 0 Å². The van der Waals surface area contributed by atoms with Crippen LogP contribution in [0.1, 0.15) is 46.0 Å². The number of hydrogen-bond acceptors (Lipinski definition) is 2. The summed E-state index contributed by atoms with van der Waals surface area (Å²) < 4.78 is 0. The summed E-state index contributed by atoms with van der Waals surface area (Å²) >= 11 is 0. The molecule has 0 aromatic carbocycles. The molecular weight excluding hydrogens is 196 g/mol. The lowest BCUT2D eigenvalue weighted by Gasteiger charge is -2.39. The van der Waals surface area contributed by atoms with E-state index in [0.29, 0.717) is 12.1 Å².